The Kier molecular flexibility index (Phi) is 5.99. The van der Waals surface area contributed by atoms with Gasteiger partial charge in [-0.3, -0.25) is 4.79 Å². The van der Waals surface area contributed by atoms with Crippen molar-refractivity contribution in [2.24, 2.45) is 17.6 Å². The van der Waals surface area contributed by atoms with Crippen molar-refractivity contribution >= 4 is 11.9 Å². The van der Waals surface area contributed by atoms with Crippen LogP contribution >= 0.6 is 0 Å². The minimum absolute atomic E-state index is 0.0529. The maximum atomic E-state index is 12.5. The molecule has 2 unspecified atom stereocenters. The van der Waals surface area contributed by atoms with E-state index in [0.29, 0.717) is 38.3 Å². The lowest BCUT2D eigenvalue weighted by molar-refractivity contribution is -0.157. The molecule has 0 aromatic heterocycles. The number of hydrogen-bond acceptors (Lipinski definition) is 3. The van der Waals surface area contributed by atoms with E-state index in [1.54, 1.807) is 4.90 Å². The summed E-state index contributed by atoms with van der Waals surface area (Å²) in [5.74, 6) is -0.293. The third kappa shape index (κ3) is 3.51. The van der Waals surface area contributed by atoms with Gasteiger partial charge in [-0.15, -0.1) is 0 Å². The summed E-state index contributed by atoms with van der Waals surface area (Å²) in [7, 11) is 0. The summed E-state index contributed by atoms with van der Waals surface area (Å²) in [4.78, 5) is 25.6. The monoisotopic (exact) mass is 284 g/mol. The Bertz CT molecular complexity index is 357. The van der Waals surface area contributed by atoms with Crippen molar-refractivity contribution in [2.75, 3.05) is 13.1 Å². The van der Waals surface area contributed by atoms with E-state index in [4.69, 9.17) is 5.73 Å². The van der Waals surface area contributed by atoms with Gasteiger partial charge in [0.1, 0.15) is 5.54 Å². The molecule has 1 heterocycles. The van der Waals surface area contributed by atoms with E-state index in [9.17, 15) is 14.7 Å². The van der Waals surface area contributed by atoms with Crippen molar-refractivity contribution in [2.45, 2.75) is 58.4 Å². The summed E-state index contributed by atoms with van der Waals surface area (Å²) in [6, 6.07) is 0. The molecule has 5 heteroatoms. The van der Waals surface area contributed by atoms with E-state index in [1.165, 1.54) is 0 Å². The van der Waals surface area contributed by atoms with Gasteiger partial charge < -0.3 is 15.7 Å². The van der Waals surface area contributed by atoms with Crippen molar-refractivity contribution in [1.29, 1.82) is 0 Å². The molecule has 3 N–H and O–H groups in total. The molecule has 0 saturated carbocycles. The largest absolute Gasteiger partial charge is 0.479 e. The molecule has 0 radical (unpaired) electrons. The number of hydrogen-bond donors (Lipinski definition) is 2. The number of carboxylic acid groups (broad SMARTS) is 1. The molecule has 20 heavy (non-hydrogen) atoms. The lowest BCUT2D eigenvalue weighted by Crippen LogP contribution is -2.53. The van der Waals surface area contributed by atoms with E-state index in [2.05, 4.69) is 13.8 Å². The molecule has 5 nitrogen and oxygen atoms in total. The van der Waals surface area contributed by atoms with Crippen LogP contribution in [0.2, 0.25) is 0 Å². The third-order valence-electron chi connectivity index (χ3n) is 4.37. The molecule has 1 aliphatic rings. The topological polar surface area (TPSA) is 83.6 Å². The summed E-state index contributed by atoms with van der Waals surface area (Å²) >= 11 is 0. The van der Waals surface area contributed by atoms with Gasteiger partial charge in [-0.1, -0.05) is 20.8 Å². The second kappa shape index (κ2) is 7.07. The first-order valence-electron chi connectivity index (χ1n) is 7.61. The molecule has 116 valence electrons. The van der Waals surface area contributed by atoms with Crippen LogP contribution < -0.4 is 5.73 Å². The first-order chi connectivity index (χ1) is 9.37. The highest BCUT2D eigenvalue weighted by molar-refractivity contribution is 5.87. The zero-order chi connectivity index (χ0) is 15.3. The number of amides is 1. The molecule has 1 rings (SSSR count). The van der Waals surface area contributed by atoms with E-state index < -0.39 is 11.5 Å². The van der Waals surface area contributed by atoms with Crippen LogP contribution in [0, 0.1) is 11.8 Å². The number of likely N-dealkylation sites (tertiary alicyclic amines) is 1. The zero-order valence-electron chi connectivity index (χ0n) is 12.9. The molecule has 2 atom stereocenters. The van der Waals surface area contributed by atoms with Crippen LogP contribution in [0.4, 0.5) is 0 Å². The predicted octanol–water partition coefficient (Wildman–Crippen LogP) is 1.85. The lowest BCUT2D eigenvalue weighted by Gasteiger charge is -2.35. The van der Waals surface area contributed by atoms with Crippen LogP contribution in [0.3, 0.4) is 0 Å². The average Bonchev–Trinajstić information content (AvgIpc) is 2.82. The van der Waals surface area contributed by atoms with Crippen molar-refractivity contribution in [3.63, 3.8) is 0 Å². The molecular weight excluding hydrogens is 256 g/mol. The SMILES string of the molecule is CCC1(C(=O)O)CCCN1C(=O)CC(CN)CC(C)C. The maximum absolute atomic E-state index is 12.5. The van der Waals surface area contributed by atoms with Gasteiger partial charge in [-0.05, 0) is 44.1 Å². The third-order valence-corrected chi connectivity index (χ3v) is 4.37. The Morgan fingerprint density at radius 2 is 2.05 bits per heavy atom. The molecular formula is C15H28N2O3. The van der Waals surface area contributed by atoms with Crippen molar-refractivity contribution < 1.29 is 14.7 Å². The Labute approximate surface area is 121 Å². The van der Waals surface area contributed by atoms with Gasteiger partial charge in [-0.2, -0.15) is 0 Å². The van der Waals surface area contributed by atoms with E-state index >= 15 is 0 Å². The van der Waals surface area contributed by atoms with Crippen LogP contribution in [0.15, 0.2) is 0 Å². The smallest absolute Gasteiger partial charge is 0.329 e. The highest BCUT2D eigenvalue weighted by Gasteiger charge is 2.48. The number of aliphatic carboxylic acids is 1. The molecule has 0 aliphatic carbocycles. The lowest BCUT2D eigenvalue weighted by atomic mass is 9.90. The quantitative estimate of drug-likeness (QED) is 0.747. The van der Waals surface area contributed by atoms with Gasteiger partial charge in [0.2, 0.25) is 5.91 Å². The molecule has 1 fully saturated rings. The Balaban J connectivity index is 2.77. The minimum Gasteiger partial charge on any atom is -0.479 e. The number of nitrogens with zero attached hydrogens (tertiary/aromatic N) is 1. The van der Waals surface area contributed by atoms with Gasteiger partial charge in [0, 0.05) is 13.0 Å². The molecule has 1 amide bonds. The maximum Gasteiger partial charge on any atom is 0.329 e. The summed E-state index contributed by atoms with van der Waals surface area (Å²) in [5, 5.41) is 9.50. The number of carbonyl (C=O) groups is 2. The molecule has 0 aromatic carbocycles. The molecule has 1 saturated heterocycles. The summed E-state index contributed by atoms with van der Waals surface area (Å²) in [6.45, 7) is 7.09. The van der Waals surface area contributed by atoms with Crippen molar-refractivity contribution in [3.8, 4) is 0 Å². The van der Waals surface area contributed by atoms with Crippen LogP contribution in [0.5, 0.6) is 0 Å². The summed E-state index contributed by atoms with van der Waals surface area (Å²) < 4.78 is 0. The molecule has 0 aromatic rings. The fourth-order valence-electron chi connectivity index (χ4n) is 3.27. The average molecular weight is 284 g/mol. The Morgan fingerprint density at radius 1 is 1.40 bits per heavy atom. The highest BCUT2D eigenvalue weighted by Crippen LogP contribution is 2.34. The van der Waals surface area contributed by atoms with Crippen LogP contribution in [-0.4, -0.2) is 40.5 Å². The summed E-state index contributed by atoms with van der Waals surface area (Å²) in [6.07, 6.45) is 3.06. The van der Waals surface area contributed by atoms with E-state index in [1.807, 2.05) is 6.92 Å². The molecule has 0 spiro atoms. The minimum atomic E-state index is -0.992. The van der Waals surface area contributed by atoms with Gasteiger partial charge in [0.05, 0.1) is 0 Å². The second-order valence-corrected chi connectivity index (χ2v) is 6.27. The van der Waals surface area contributed by atoms with Crippen LogP contribution in [0.1, 0.15) is 52.9 Å². The fourth-order valence-corrected chi connectivity index (χ4v) is 3.27. The van der Waals surface area contributed by atoms with Crippen LogP contribution in [-0.2, 0) is 9.59 Å². The number of carboxylic acids is 1. The van der Waals surface area contributed by atoms with E-state index in [-0.39, 0.29) is 11.8 Å². The normalized spacial score (nSPS) is 24.1. The number of rotatable bonds is 7. The Hall–Kier alpha value is -1.10. The molecule has 0 bridgehead atoms. The zero-order valence-corrected chi connectivity index (χ0v) is 12.9. The number of carbonyl (C=O) groups excluding carboxylic acids is 1. The van der Waals surface area contributed by atoms with Gasteiger partial charge in [0.15, 0.2) is 0 Å². The standard InChI is InChI=1S/C15H28N2O3/c1-4-15(14(19)20)6-5-7-17(15)13(18)9-12(10-16)8-11(2)3/h11-12H,4-10,16H2,1-3H3,(H,19,20). The van der Waals surface area contributed by atoms with Gasteiger partial charge in [-0.25, -0.2) is 4.79 Å². The van der Waals surface area contributed by atoms with Crippen LogP contribution in [0.25, 0.3) is 0 Å². The second-order valence-electron chi connectivity index (χ2n) is 6.27. The highest BCUT2D eigenvalue weighted by atomic mass is 16.4. The van der Waals surface area contributed by atoms with E-state index in [0.717, 1.165) is 12.8 Å². The summed E-state index contributed by atoms with van der Waals surface area (Å²) in [5.41, 5.74) is 4.75. The Morgan fingerprint density at radius 3 is 2.50 bits per heavy atom. The first kappa shape index (κ1) is 17.0. The number of nitrogens with two attached hydrogens (primary N) is 1. The van der Waals surface area contributed by atoms with Crippen molar-refractivity contribution in [3.05, 3.63) is 0 Å². The van der Waals surface area contributed by atoms with Gasteiger partial charge >= 0.3 is 5.97 Å². The fraction of sp³-hybridized carbons (Fsp3) is 0.867. The van der Waals surface area contributed by atoms with Gasteiger partial charge in [0.25, 0.3) is 0 Å². The first-order valence-corrected chi connectivity index (χ1v) is 7.61. The molecule has 1 aliphatic heterocycles. The predicted molar refractivity (Wildman–Crippen MR) is 78.2 cm³/mol. The van der Waals surface area contributed by atoms with Crippen molar-refractivity contribution in [1.82, 2.24) is 4.90 Å².